The van der Waals surface area contributed by atoms with Crippen LogP contribution in [0, 0.1) is 0 Å². The Hall–Kier alpha value is -3.01. The van der Waals surface area contributed by atoms with Crippen molar-refractivity contribution in [1.82, 2.24) is 14.5 Å². The summed E-state index contributed by atoms with van der Waals surface area (Å²) in [4.78, 5) is 44.8. The summed E-state index contributed by atoms with van der Waals surface area (Å²) in [5, 5.41) is 3.38. The molecule has 1 aliphatic rings. The molecule has 0 radical (unpaired) electrons. The van der Waals surface area contributed by atoms with Gasteiger partial charge in [-0.1, -0.05) is 23.9 Å². The van der Waals surface area contributed by atoms with Gasteiger partial charge in [0.1, 0.15) is 0 Å². The van der Waals surface area contributed by atoms with E-state index in [9.17, 15) is 14.4 Å². The van der Waals surface area contributed by atoms with E-state index in [4.69, 9.17) is 9.72 Å². The first kappa shape index (κ1) is 25.1. The first-order valence-electron chi connectivity index (χ1n) is 11.8. The molecule has 1 aliphatic heterocycles. The van der Waals surface area contributed by atoms with E-state index in [0.717, 1.165) is 39.3 Å². The van der Waals surface area contributed by atoms with Crippen LogP contribution in [0.25, 0.3) is 10.9 Å². The number of fused-ring (bicyclic) bond motifs is 1. The summed E-state index contributed by atoms with van der Waals surface area (Å²) in [6.45, 7) is 7.96. The van der Waals surface area contributed by atoms with Gasteiger partial charge >= 0.3 is 0 Å². The molecule has 2 heterocycles. The molecule has 0 aliphatic carbocycles. The van der Waals surface area contributed by atoms with Crippen LogP contribution in [0.5, 0.6) is 0 Å². The molecule has 0 bridgehead atoms. The van der Waals surface area contributed by atoms with E-state index < -0.39 is 5.25 Å². The highest BCUT2D eigenvalue weighted by molar-refractivity contribution is 8.00. The molecule has 2 aromatic carbocycles. The fourth-order valence-corrected chi connectivity index (χ4v) is 5.09. The first-order valence-corrected chi connectivity index (χ1v) is 12.7. The number of hydrogen-bond acceptors (Lipinski definition) is 7. The summed E-state index contributed by atoms with van der Waals surface area (Å²) in [6.07, 6.45) is 0.806. The van der Waals surface area contributed by atoms with Gasteiger partial charge in [-0.25, -0.2) is 4.98 Å². The van der Waals surface area contributed by atoms with Gasteiger partial charge in [-0.3, -0.25) is 23.9 Å². The van der Waals surface area contributed by atoms with Crippen molar-refractivity contribution in [2.24, 2.45) is 0 Å². The molecule has 1 atom stereocenters. The Kier molecular flexibility index (Phi) is 8.33. The predicted molar refractivity (Wildman–Crippen MR) is 138 cm³/mol. The lowest BCUT2D eigenvalue weighted by Crippen LogP contribution is -2.37. The zero-order valence-corrected chi connectivity index (χ0v) is 20.8. The van der Waals surface area contributed by atoms with Crippen molar-refractivity contribution in [2.75, 3.05) is 38.2 Å². The molecule has 0 spiro atoms. The Morgan fingerprint density at radius 1 is 1.09 bits per heavy atom. The molecular weight excluding hydrogens is 464 g/mol. The van der Waals surface area contributed by atoms with E-state index in [1.54, 1.807) is 34.9 Å². The summed E-state index contributed by atoms with van der Waals surface area (Å²) in [5.74, 6) is -0.228. The SMILES string of the molecule is CC(=O)Nc1ccc(C(=O)[C@H](C)Sc2nc3ccccc3c(=O)n2CCCN2CCOCC2)cc1. The fraction of sp³-hybridized carbons (Fsp3) is 0.385. The molecule has 0 saturated carbocycles. The van der Waals surface area contributed by atoms with Crippen molar-refractivity contribution in [2.45, 2.75) is 37.2 Å². The largest absolute Gasteiger partial charge is 0.379 e. The van der Waals surface area contributed by atoms with E-state index in [1.807, 2.05) is 25.1 Å². The van der Waals surface area contributed by atoms with Gasteiger partial charge in [0.2, 0.25) is 5.91 Å². The van der Waals surface area contributed by atoms with Gasteiger partial charge in [-0.2, -0.15) is 0 Å². The van der Waals surface area contributed by atoms with Crippen LogP contribution in [0.3, 0.4) is 0 Å². The van der Waals surface area contributed by atoms with Crippen molar-refractivity contribution in [1.29, 1.82) is 0 Å². The van der Waals surface area contributed by atoms with Gasteiger partial charge in [0.05, 0.1) is 29.4 Å². The molecule has 1 fully saturated rings. The summed E-state index contributed by atoms with van der Waals surface area (Å²) in [7, 11) is 0. The van der Waals surface area contributed by atoms with E-state index >= 15 is 0 Å². The Balaban J connectivity index is 1.53. The molecule has 1 N–H and O–H groups in total. The number of anilines is 1. The third-order valence-electron chi connectivity index (χ3n) is 5.93. The highest BCUT2D eigenvalue weighted by Gasteiger charge is 2.21. The van der Waals surface area contributed by atoms with Gasteiger partial charge < -0.3 is 10.1 Å². The zero-order valence-electron chi connectivity index (χ0n) is 20.0. The quantitative estimate of drug-likeness (QED) is 0.277. The van der Waals surface area contributed by atoms with Gasteiger partial charge in [-0.15, -0.1) is 0 Å². The maximum Gasteiger partial charge on any atom is 0.262 e. The lowest BCUT2D eigenvalue weighted by atomic mass is 10.1. The normalized spacial score (nSPS) is 15.1. The topological polar surface area (TPSA) is 93.5 Å². The average molecular weight is 495 g/mol. The maximum atomic E-state index is 13.3. The molecule has 1 aromatic heterocycles. The number of carbonyl (C=O) groups excluding carboxylic acids is 2. The third kappa shape index (κ3) is 6.36. The second kappa shape index (κ2) is 11.6. The minimum Gasteiger partial charge on any atom is -0.379 e. The molecule has 1 amide bonds. The monoisotopic (exact) mass is 494 g/mol. The number of carbonyl (C=O) groups is 2. The standard InChI is InChI=1S/C26H30N4O4S/c1-18(24(32)20-8-10-21(11-9-20)27-19(2)31)35-26-28-23-7-4-3-6-22(23)25(33)30(26)13-5-12-29-14-16-34-17-15-29/h3-4,6-11,18H,5,12-17H2,1-2H3,(H,27,31)/t18-/m0/s1. The number of para-hydroxylation sites is 1. The molecule has 9 heteroatoms. The van der Waals surface area contributed by atoms with Crippen molar-refractivity contribution >= 4 is 40.0 Å². The summed E-state index contributed by atoms with van der Waals surface area (Å²) < 4.78 is 7.12. The number of benzene rings is 2. The predicted octanol–water partition coefficient (Wildman–Crippen LogP) is 3.44. The number of ketones is 1. The number of thioether (sulfide) groups is 1. The Labute approximate surface area is 208 Å². The molecule has 1 saturated heterocycles. The van der Waals surface area contributed by atoms with E-state index in [1.165, 1.54) is 18.7 Å². The number of aromatic nitrogens is 2. The zero-order chi connectivity index (χ0) is 24.8. The number of Topliss-reactive ketones (excluding diaryl/α,β-unsaturated/α-hetero) is 1. The number of amides is 1. The summed E-state index contributed by atoms with van der Waals surface area (Å²) in [6, 6.07) is 14.1. The number of rotatable bonds is 9. The molecular formula is C26H30N4O4S. The number of hydrogen-bond donors (Lipinski definition) is 1. The van der Waals surface area contributed by atoms with Crippen molar-refractivity contribution in [3.63, 3.8) is 0 Å². The first-order chi connectivity index (χ1) is 16.9. The van der Waals surface area contributed by atoms with Crippen LogP contribution in [-0.2, 0) is 16.1 Å². The minimum atomic E-state index is -0.444. The highest BCUT2D eigenvalue weighted by Crippen LogP contribution is 2.26. The average Bonchev–Trinajstić information content (AvgIpc) is 2.86. The molecule has 35 heavy (non-hydrogen) atoms. The minimum absolute atomic E-state index is 0.0633. The van der Waals surface area contributed by atoms with Crippen molar-refractivity contribution in [3.05, 3.63) is 64.4 Å². The number of morpholine rings is 1. The maximum absolute atomic E-state index is 13.3. The van der Waals surface area contributed by atoms with Crippen LogP contribution in [0.4, 0.5) is 5.69 Å². The van der Waals surface area contributed by atoms with E-state index in [0.29, 0.717) is 33.9 Å². The lowest BCUT2D eigenvalue weighted by molar-refractivity contribution is -0.114. The second-order valence-corrected chi connectivity index (χ2v) is 9.87. The molecule has 3 aromatic rings. The van der Waals surface area contributed by atoms with Crippen LogP contribution in [-0.4, -0.2) is 64.2 Å². The van der Waals surface area contributed by atoms with Crippen molar-refractivity contribution in [3.8, 4) is 0 Å². The molecule has 4 rings (SSSR count). The summed E-state index contributed by atoms with van der Waals surface area (Å²) in [5.41, 5.74) is 1.73. The highest BCUT2D eigenvalue weighted by atomic mass is 32.2. The smallest absolute Gasteiger partial charge is 0.262 e. The Morgan fingerprint density at radius 3 is 2.51 bits per heavy atom. The summed E-state index contributed by atoms with van der Waals surface area (Å²) >= 11 is 1.30. The van der Waals surface area contributed by atoms with Crippen LogP contribution < -0.4 is 10.9 Å². The van der Waals surface area contributed by atoms with Gasteiger partial charge in [0.15, 0.2) is 10.9 Å². The second-order valence-electron chi connectivity index (χ2n) is 8.56. The number of nitrogens with one attached hydrogen (secondary N) is 1. The van der Waals surface area contributed by atoms with Crippen LogP contribution in [0.1, 0.15) is 30.6 Å². The fourth-order valence-electron chi connectivity index (χ4n) is 4.08. The Morgan fingerprint density at radius 2 is 1.80 bits per heavy atom. The van der Waals surface area contributed by atoms with Crippen LogP contribution >= 0.6 is 11.8 Å². The van der Waals surface area contributed by atoms with Crippen molar-refractivity contribution < 1.29 is 14.3 Å². The lowest BCUT2D eigenvalue weighted by Gasteiger charge is -2.26. The molecule has 0 unspecified atom stereocenters. The van der Waals surface area contributed by atoms with Gasteiger partial charge in [0.25, 0.3) is 5.56 Å². The third-order valence-corrected chi connectivity index (χ3v) is 7.02. The number of nitrogens with zero attached hydrogens (tertiary/aromatic N) is 3. The number of ether oxygens (including phenoxy) is 1. The van der Waals surface area contributed by atoms with Gasteiger partial charge in [-0.05, 0) is 49.7 Å². The van der Waals surface area contributed by atoms with Crippen LogP contribution in [0.15, 0.2) is 58.5 Å². The van der Waals surface area contributed by atoms with Crippen LogP contribution in [0.2, 0.25) is 0 Å². The Bertz CT molecular complexity index is 1250. The van der Waals surface area contributed by atoms with E-state index in [2.05, 4.69) is 10.2 Å². The molecule has 184 valence electrons. The molecule has 8 nitrogen and oxygen atoms in total. The van der Waals surface area contributed by atoms with E-state index in [-0.39, 0.29) is 17.2 Å². The van der Waals surface area contributed by atoms with Gasteiger partial charge in [0, 0.05) is 44.4 Å².